The largest absolute Gasteiger partial charge is 0.443 e. The maximum atomic E-state index is 14.5. The number of aryl methyl sites for hydroxylation is 1. The van der Waals surface area contributed by atoms with Gasteiger partial charge < -0.3 is 29.5 Å². The Bertz CT molecular complexity index is 2370. The number of hydrogen-bond donors (Lipinski definition) is 1. The van der Waals surface area contributed by atoms with Crippen molar-refractivity contribution in [3.63, 3.8) is 0 Å². The zero-order valence-corrected chi connectivity index (χ0v) is 38.4. The van der Waals surface area contributed by atoms with Crippen LogP contribution in [0.5, 0.6) is 0 Å². The molecule has 15 nitrogen and oxygen atoms in total. The Labute approximate surface area is 370 Å². The van der Waals surface area contributed by atoms with E-state index in [2.05, 4.69) is 27.3 Å². The van der Waals surface area contributed by atoms with E-state index >= 15 is 0 Å². The summed E-state index contributed by atoms with van der Waals surface area (Å²) in [5.41, 5.74) is 2.40. The molecule has 2 aromatic heterocycles. The highest BCUT2D eigenvalue weighted by molar-refractivity contribution is 5.88. The fourth-order valence-electron chi connectivity index (χ4n) is 9.14. The van der Waals surface area contributed by atoms with Gasteiger partial charge in [-0.1, -0.05) is 24.3 Å². The molecule has 0 saturated carbocycles. The molecule has 3 saturated heterocycles. The molecule has 63 heavy (non-hydrogen) atoms. The number of benzene rings is 2. The van der Waals surface area contributed by atoms with E-state index in [9.17, 15) is 24.0 Å². The van der Waals surface area contributed by atoms with E-state index in [1.165, 1.54) is 4.57 Å². The van der Waals surface area contributed by atoms with Crippen LogP contribution in [0, 0.1) is 17.8 Å². The number of likely N-dealkylation sites (tertiary alicyclic amines) is 2. The third-order valence-corrected chi connectivity index (χ3v) is 13.0. The molecule has 4 aromatic rings. The average molecular weight is 867 g/mol. The first kappa shape index (κ1) is 45.7. The molecule has 0 aliphatic carbocycles. The van der Waals surface area contributed by atoms with Crippen molar-refractivity contribution in [1.29, 1.82) is 0 Å². The number of piperazine rings is 1. The second-order valence-corrected chi connectivity index (χ2v) is 19.9. The molecule has 3 aliphatic rings. The zero-order valence-electron chi connectivity index (χ0n) is 38.4. The van der Waals surface area contributed by atoms with Gasteiger partial charge in [0.15, 0.2) is 13.5 Å². The van der Waals surface area contributed by atoms with Gasteiger partial charge in [-0.05, 0) is 135 Å². The Balaban J connectivity index is 1.06. The summed E-state index contributed by atoms with van der Waals surface area (Å²) in [6, 6.07) is 12.9. The lowest BCUT2D eigenvalue weighted by Crippen LogP contribution is -2.59. The number of ether oxygens (including phenoxy) is 2. The topological polar surface area (TPSA) is 152 Å². The number of nitrogens with zero attached hydrogens (tertiary/aromatic N) is 7. The van der Waals surface area contributed by atoms with E-state index in [1.54, 1.807) is 36.5 Å². The molecule has 1 N–H and O–H groups in total. The smallest absolute Gasteiger partial charge is 0.318 e. The minimum atomic E-state index is -0.812. The summed E-state index contributed by atoms with van der Waals surface area (Å²) < 4.78 is 14.4. The summed E-state index contributed by atoms with van der Waals surface area (Å²) in [6.07, 6.45) is 5.40. The van der Waals surface area contributed by atoms with Crippen molar-refractivity contribution in [2.24, 2.45) is 10.8 Å². The Morgan fingerprint density at radius 2 is 1.41 bits per heavy atom. The van der Waals surface area contributed by atoms with E-state index < -0.39 is 22.8 Å². The van der Waals surface area contributed by atoms with E-state index in [0.717, 1.165) is 66.4 Å². The number of amides is 3. The molecular weight excluding hydrogens is 801 g/mol. The van der Waals surface area contributed by atoms with Gasteiger partial charge in [-0.2, -0.15) is 5.10 Å². The van der Waals surface area contributed by atoms with Crippen molar-refractivity contribution in [3.8, 4) is 0 Å². The van der Waals surface area contributed by atoms with Gasteiger partial charge in [-0.3, -0.25) is 28.6 Å². The summed E-state index contributed by atoms with van der Waals surface area (Å²) in [5.74, 6) is -0.922. The van der Waals surface area contributed by atoms with Gasteiger partial charge in [0.2, 0.25) is 5.91 Å². The van der Waals surface area contributed by atoms with Crippen molar-refractivity contribution in [3.05, 3.63) is 75.7 Å². The Morgan fingerprint density at radius 3 is 2.06 bits per heavy atom. The van der Waals surface area contributed by atoms with Crippen molar-refractivity contribution >= 4 is 45.7 Å². The highest BCUT2D eigenvalue weighted by Crippen LogP contribution is 2.29. The van der Waals surface area contributed by atoms with E-state index in [4.69, 9.17) is 9.47 Å². The lowest BCUT2D eigenvalue weighted by atomic mass is 9.89. The predicted octanol–water partition coefficient (Wildman–Crippen LogP) is 5.49. The quantitative estimate of drug-likeness (QED) is 0.203. The van der Waals surface area contributed by atoms with E-state index in [-0.39, 0.29) is 49.3 Å². The van der Waals surface area contributed by atoms with Gasteiger partial charge in [-0.15, -0.1) is 0 Å². The summed E-state index contributed by atoms with van der Waals surface area (Å²) in [7, 11) is 2.16. The molecule has 5 heterocycles. The maximum absolute atomic E-state index is 14.5. The SMILES string of the molecule is Cc1cc(CC(NC(=O)N2CCC(c3cc4ccccc4n(COC(=O)C(C)(C)C)c3=O)CC2)C(=O)N2CCN(C3CCN(C)CC3)CC2)cc2cnn(COC(=O)C(C)(C)C)c12. The first-order valence-electron chi connectivity index (χ1n) is 22.6. The average Bonchev–Trinajstić information content (AvgIpc) is 3.67. The van der Waals surface area contributed by atoms with Crippen LogP contribution in [0.1, 0.15) is 89.8 Å². The normalized spacial score (nSPS) is 18.2. The molecule has 340 valence electrons. The summed E-state index contributed by atoms with van der Waals surface area (Å²) >= 11 is 0. The molecular formula is C48H66N8O7. The number of carbonyl (C=O) groups excluding carboxylic acids is 4. The van der Waals surface area contributed by atoms with Gasteiger partial charge in [0, 0.05) is 62.7 Å². The monoisotopic (exact) mass is 867 g/mol. The van der Waals surface area contributed by atoms with Crippen molar-refractivity contribution in [1.82, 2.24) is 39.3 Å². The Hall–Kier alpha value is -5.28. The Morgan fingerprint density at radius 1 is 0.778 bits per heavy atom. The predicted molar refractivity (Wildman–Crippen MR) is 242 cm³/mol. The van der Waals surface area contributed by atoms with Gasteiger partial charge in [0.05, 0.1) is 28.1 Å². The third-order valence-electron chi connectivity index (χ3n) is 13.0. The molecule has 1 unspecified atom stereocenters. The number of carbonyl (C=O) groups is 4. The molecule has 3 aliphatic heterocycles. The van der Waals surface area contributed by atoms with Gasteiger partial charge in [0.1, 0.15) is 6.04 Å². The number of rotatable bonds is 10. The van der Waals surface area contributed by atoms with Crippen LogP contribution in [0.4, 0.5) is 4.79 Å². The molecule has 0 bridgehead atoms. The van der Waals surface area contributed by atoms with Crippen molar-refractivity contribution < 1.29 is 28.7 Å². The summed E-state index contributed by atoms with van der Waals surface area (Å²) in [4.78, 5) is 76.5. The number of pyridine rings is 1. The molecule has 15 heteroatoms. The number of fused-ring (bicyclic) bond motifs is 2. The number of urea groups is 1. The fourth-order valence-corrected chi connectivity index (χ4v) is 9.14. The first-order valence-corrected chi connectivity index (χ1v) is 22.6. The maximum Gasteiger partial charge on any atom is 0.318 e. The minimum absolute atomic E-state index is 0.0128. The highest BCUT2D eigenvalue weighted by Gasteiger charge is 2.34. The van der Waals surface area contributed by atoms with Gasteiger partial charge in [-0.25, -0.2) is 9.48 Å². The first-order chi connectivity index (χ1) is 29.9. The lowest BCUT2D eigenvalue weighted by Gasteiger charge is -2.43. The minimum Gasteiger partial charge on any atom is -0.443 e. The number of hydrogen-bond acceptors (Lipinski definition) is 10. The summed E-state index contributed by atoms with van der Waals surface area (Å²) in [5, 5.41) is 9.39. The number of aromatic nitrogens is 3. The number of esters is 2. The van der Waals surface area contributed by atoms with Crippen LogP contribution in [-0.4, -0.2) is 129 Å². The van der Waals surface area contributed by atoms with E-state index in [0.29, 0.717) is 56.1 Å². The molecule has 0 radical (unpaired) electrons. The van der Waals surface area contributed by atoms with Gasteiger partial charge >= 0.3 is 18.0 Å². The Kier molecular flexibility index (Phi) is 13.7. The van der Waals surface area contributed by atoms with Crippen LogP contribution in [0.3, 0.4) is 0 Å². The summed E-state index contributed by atoms with van der Waals surface area (Å²) in [6.45, 7) is 18.3. The van der Waals surface area contributed by atoms with Crippen LogP contribution in [0.15, 0.2) is 53.5 Å². The standard InChI is InChI=1S/C48H66N8O7/c1-32-25-33(26-36-29-49-56(41(32)36)31-63-45(60)48(5,6)7)27-39(43(58)53-23-21-52(22-24-53)37-15-17-51(8)18-16-37)50-46(61)54-19-13-34(14-20-54)38-28-35-11-9-10-12-40(35)55(42(38)57)30-62-44(59)47(2,3)4/h9-12,25-26,28-29,34,37,39H,13-24,27,30-31H2,1-8H3,(H,50,61). The number of piperidine rings is 2. The fraction of sp³-hybridized carbons (Fsp3) is 0.583. The van der Waals surface area contributed by atoms with Crippen LogP contribution in [0.2, 0.25) is 0 Å². The number of nitrogens with one attached hydrogen (secondary N) is 1. The second-order valence-electron chi connectivity index (χ2n) is 19.9. The van der Waals surface area contributed by atoms with Crippen molar-refractivity contribution in [2.45, 2.75) is 112 Å². The molecule has 7 rings (SSSR count). The third kappa shape index (κ3) is 10.6. The molecule has 3 amide bonds. The second kappa shape index (κ2) is 18.8. The molecule has 1 atom stereocenters. The van der Waals surface area contributed by atoms with Crippen LogP contribution in [-0.2, 0) is 43.7 Å². The zero-order chi connectivity index (χ0) is 45.2. The van der Waals surface area contributed by atoms with Crippen LogP contribution >= 0.6 is 0 Å². The number of para-hydroxylation sites is 1. The molecule has 0 spiro atoms. The van der Waals surface area contributed by atoms with Crippen LogP contribution in [0.25, 0.3) is 21.8 Å². The lowest BCUT2D eigenvalue weighted by molar-refractivity contribution is -0.157. The highest BCUT2D eigenvalue weighted by atomic mass is 16.5. The van der Waals surface area contributed by atoms with Gasteiger partial charge in [0.25, 0.3) is 5.56 Å². The molecule has 2 aromatic carbocycles. The van der Waals surface area contributed by atoms with Crippen LogP contribution < -0.4 is 10.9 Å². The van der Waals surface area contributed by atoms with E-state index in [1.807, 2.05) is 75.1 Å². The van der Waals surface area contributed by atoms with Crippen molar-refractivity contribution in [2.75, 3.05) is 59.4 Å². The molecule has 3 fully saturated rings.